The molecule has 0 aromatic carbocycles. The van der Waals surface area contributed by atoms with Gasteiger partial charge in [-0.1, -0.05) is 6.92 Å². The summed E-state index contributed by atoms with van der Waals surface area (Å²) in [6.07, 6.45) is 3.76. The van der Waals surface area contributed by atoms with E-state index in [-0.39, 0.29) is 0 Å². The number of halogens is 1. The van der Waals surface area contributed by atoms with Gasteiger partial charge in [0.2, 0.25) is 0 Å². The van der Waals surface area contributed by atoms with Gasteiger partial charge in [0.1, 0.15) is 11.6 Å². The maximum atomic E-state index is 4.67. The number of rotatable bonds is 3. The molecular formula is C13H20BrN3. The van der Waals surface area contributed by atoms with Crippen molar-refractivity contribution in [1.82, 2.24) is 9.97 Å². The molecule has 1 N–H and O–H groups in total. The zero-order valence-corrected chi connectivity index (χ0v) is 12.3. The van der Waals surface area contributed by atoms with Gasteiger partial charge >= 0.3 is 0 Å². The Kier molecular flexibility index (Phi) is 4.02. The van der Waals surface area contributed by atoms with Crippen LogP contribution in [-0.2, 0) is 0 Å². The highest BCUT2D eigenvalue weighted by Gasteiger charge is 2.26. The minimum Gasteiger partial charge on any atom is -0.369 e. The number of hydrogen-bond acceptors (Lipinski definition) is 3. The van der Waals surface area contributed by atoms with Gasteiger partial charge in [0.25, 0.3) is 0 Å². The summed E-state index contributed by atoms with van der Waals surface area (Å²) in [5, 5.41) is 3.29. The van der Waals surface area contributed by atoms with Crippen LogP contribution in [0.15, 0.2) is 4.47 Å². The number of hydrogen-bond donors (Lipinski definition) is 1. The van der Waals surface area contributed by atoms with Crippen molar-refractivity contribution in [3.05, 3.63) is 16.0 Å². The molecule has 2 atom stereocenters. The Morgan fingerprint density at radius 2 is 2.12 bits per heavy atom. The van der Waals surface area contributed by atoms with Crippen LogP contribution in [0.25, 0.3) is 0 Å². The minimum atomic E-state index is 0.550. The molecule has 1 saturated carbocycles. The van der Waals surface area contributed by atoms with Gasteiger partial charge in [-0.25, -0.2) is 9.97 Å². The standard InChI is InChI=1S/C13H20BrN3/c1-4-15-13-11(14)9(3)16-12(17-13)10-6-5-8(2)7-10/h8,10H,4-7H2,1-3H3,(H,15,16,17). The van der Waals surface area contributed by atoms with E-state index in [0.29, 0.717) is 5.92 Å². The van der Waals surface area contributed by atoms with Crippen LogP contribution in [0.5, 0.6) is 0 Å². The highest BCUT2D eigenvalue weighted by Crippen LogP contribution is 2.37. The third-order valence-electron chi connectivity index (χ3n) is 3.44. The Morgan fingerprint density at radius 1 is 1.35 bits per heavy atom. The summed E-state index contributed by atoms with van der Waals surface area (Å²) in [6.45, 7) is 7.32. The van der Waals surface area contributed by atoms with Gasteiger partial charge in [0.15, 0.2) is 0 Å². The fourth-order valence-electron chi connectivity index (χ4n) is 2.49. The Hall–Kier alpha value is -0.640. The third kappa shape index (κ3) is 2.79. The summed E-state index contributed by atoms with van der Waals surface area (Å²) in [7, 11) is 0. The highest BCUT2D eigenvalue weighted by molar-refractivity contribution is 9.10. The van der Waals surface area contributed by atoms with E-state index in [0.717, 1.165) is 34.3 Å². The van der Waals surface area contributed by atoms with E-state index >= 15 is 0 Å². The molecule has 2 rings (SSSR count). The molecule has 0 aliphatic heterocycles. The number of aryl methyl sites for hydroxylation is 1. The van der Waals surface area contributed by atoms with Crippen molar-refractivity contribution in [1.29, 1.82) is 0 Å². The van der Waals surface area contributed by atoms with Crippen LogP contribution in [-0.4, -0.2) is 16.5 Å². The van der Waals surface area contributed by atoms with Crippen molar-refractivity contribution in [3.63, 3.8) is 0 Å². The molecule has 3 nitrogen and oxygen atoms in total. The molecule has 4 heteroatoms. The lowest BCUT2D eigenvalue weighted by Crippen LogP contribution is -2.09. The topological polar surface area (TPSA) is 37.8 Å². The zero-order chi connectivity index (χ0) is 12.4. The Labute approximate surface area is 112 Å². The fourth-order valence-corrected chi connectivity index (χ4v) is 2.81. The molecule has 17 heavy (non-hydrogen) atoms. The molecular weight excluding hydrogens is 278 g/mol. The van der Waals surface area contributed by atoms with E-state index in [1.807, 2.05) is 6.92 Å². The summed E-state index contributed by atoms with van der Waals surface area (Å²) in [5.41, 5.74) is 1.03. The van der Waals surface area contributed by atoms with Gasteiger partial charge < -0.3 is 5.32 Å². The highest BCUT2D eigenvalue weighted by atomic mass is 79.9. The molecule has 1 aliphatic rings. The smallest absolute Gasteiger partial charge is 0.144 e. The van der Waals surface area contributed by atoms with E-state index in [1.165, 1.54) is 19.3 Å². The van der Waals surface area contributed by atoms with E-state index in [4.69, 9.17) is 0 Å². The first kappa shape index (κ1) is 12.8. The van der Waals surface area contributed by atoms with Gasteiger partial charge in [-0.3, -0.25) is 0 Å². The van der Waals surface area contributed by atoms with E-state index in [1.54, 1.807) is 0 Å². The fraction of sp³-hybridized carbons (Fsp3) is 0.692. The van der Waals surface area contributed by atoms with Crippen molar-refractivity contribution in [2.24, 2.45) is 5.92 Å². The predicted octanol–water partition coefficient (Wildman–Crippen LogP) is 3.88. The average molecular weight is 298 g/mol. The van der Waals surface area contributed by atoms with E-state index in [9.17, 15) is 0 Å². The number of aromatic nitrogens is 2. The van der Waals surface area contributed by atoms with Crippen LogP contribution in [0.4, 0.5) is 5.82 Å². The molecule has 0 amide bonds. The first-order chi connectivity index (χ1) is 8.11. The molecule has 0 saturated heterocycles. The summed E-state index contributed by atoms with van der Waals surface area (Å²) < 4.78 is 0.995. The molecule has 1 aromatic heterocycles. The van der Waals surface area contributed by atoms with Crippen molar-refractivity contribution in [2.45, 2.75) is 46.0 Å². The summed E-state index contributed by atoms with van der Waals surface area (Å²) >= 11 is 3.55. The van der Waals surface area contributed by atoms with Gasteiger partial charge in [-0.05, 0) is 55.0 Å². The second-order valence-electron chi connectivity index (χ2n) is 4.98. The summed E-state index contributed by atoms with van der Waals surface area (Å²) in [6, 6.07) is 0. The molecule has 1 aliphatic carbocycles. The van der Waals surface area contributed by atoms with Gasteiger partial charge in [-0.2, -0.15) is 0 Å². The van der Waals surface area contributed by atoms with Gasteiger partial charge in [0.05, 0.1) is 10.2 Å². The molecule has 0 bridgehead atoms. The maximum Gasteiger partial charge on any atom is 0.144 e. The quantitative estimate of drug-likeness (QED) is 0.920. The third-order valence-corrected chi connectivity index (χ3v) is 4.39. The van der Waals surface area contributed by atoms with Crippen molar-refractivity contribution in [2.75, 3.05) is 11.9 Å². The van der Waals surface area contributed by atoms with Crippen LogP contribution in [0, 0.1) is 12.8 Å². The average Bonchev–Trinajstić information content (AvgIpc) is 2.71. The Morgan fingerprint density at radius 3 is 2.71 bits per heavy atom. The summed E-state index contributed by atoms with van der Waals surface area (Å²) in [4.78, 5) is 9.30. The first-order valence-electron chi connectivity index (χ1n) is 6.39. The molecule has 1 heterocycles. The Bertz CT molecular complexity index is 406. The normalized spacial score (nSPS) is 24.0. The lowest BCUT2D eigenvalue weighted by atomic mass is 10.1. The Balaban J connectivity index is 2.28. The molecule has 2 unspecified atom stereocenters. The lowest BCUT2D eigenvalue weighted by molar-refractivity contribution is 0.584. The van der Waals surface area contributed by atoms with Crippen LogP contribution < -0.4 is 5.32 Å². The van der Waals surface area contributed by atoms with Crippen LogP contribution in [0.3, 0.4) is 0 Å². The predicted molar refractivity (Wildman–Crippen MR) is 74.4 cm³/mol. The largest absolute Gasteiger partial charge is 0.369 e. The number of nitrogens with one attached hydrogen (secondary N) is 1. The molecule has 94 valence electrons. The monoisotopic (exact) mass is 297 g/mol. The summed E-state index contributed by atoms with van der Waals surface area (Å²) in [5.74, 6) is 3.32. The zero-order valence-electron chi connectivity index (χ0n) is 10.8. The van der Waals surface area contributed by atoms with E-state index < -0.39 is 0 Å². The number of anilines is 1. The second-order valence-corrected chi connectivity index (χ2v) is 5.77. The molecule has 1 aromatic rings. The molecule has 0 spiro atoms. The van der Waals surface area contributed by atoms with Crippen molar-refractivity contribution >= 4 is 21.7 Å². The molecule has 0 radical (unpaired) electrons. The first-order valence-corrected chi connectivity index (χ1v) is 7.19. The lowest BCUT2D eigenvalue weighted by Gasteiger charge is -2.13. The van der Waals surface area contributed by atoms with Crippen molar-refractivity contribution in [3.8, 4) is 0 Å². The minimum absolute atomic E-state index is 0.550. The van der Waals surface area contributed by atoms with E-state index in [2.05, 4.69) is 45.1 Å². The SMILES string of the molecule is CCNc1nc(C2CCC(C)C2)nc(C)c1Br. The van der Waals surface area contributed by atoms with Crippen LogP contribution in [0.1, 0.15) is 50.5 Å². The van der Waals surface area contributed by atoms with Gasteiger partial charge in [0, 0.05) is 12.5 Å². The van der Waals surface area contributed by atoms with Crippen LogP contribution >= 0.6 is 15.9 Å². The van der Waals surface area contributed by atoms with Crippen molar-refractivity contribution < 1.29 is 0 Å². The van der Waals surface area contributed by atoms with Gasteiger partial charge in [-0.15, -0.1) is 0 Å². The second kappa shape index (κ2) is 5.34. The number of nitrogens with zero attached hydrogens (tertiary/aromatic N) is 2. The van der Waals surface area contributed by atoms with Crippen LogP contribution in [0.2, 0.25) is 0 Å². The maximum absolute atomic E-state index is 4.67. The molecule has 1 fully saturated rings.